The van der Waals surface area contributed by atoms with Crippen molar-refractivity contribution >= 4 is 55.9 Å². The first-order chi connectivity index (χ1) is 21.8. The number of carbonyl (C=O) groups excluding carboxylic acids is 3. The van der Waals surface area contributed by atoms with Gasteiger partial charge in [-0.3, -0.25) is 24.4 Å². The zero-order valence-corrected chi connectivity index (χ0v) is 26.5. The second kappa shape index (κ2) is 13.8. The van der Waals surface area contributed by atoms with Crippen LogP contribution in [0.15, 0.2) is 42.1 Å². The molecule has 0 radical (unpaired) electrons. The van der Waals surface area contributed by atoms with Crippen LogP contribution in [0.25, 0.3) is 32.5 Å². The number of thiophene rings is 1. The van der Waals surface area contributed by atoms with Crippen LogP contribution in [0.5, 0.6) is 0 Å². The van der Waals surface area contributed by atoms with E-state index in [-0.39, 0.29) is 37.0 Å². The number of carbonyl (C=O) groups is 3. The highest BCUT2D eigenvalue weighted by Gasteiger charge is 2.24. The summed E-state index contributed by atoms with van der Waals surface area (Å²) in [4.78, 5) is 54.4. The third-order valence-corrected chi connectivity index (χ3v) is 9.14. The molecule has 2 aliphatic rings. The number of ether oxygens (including phenoxy) is 1. The Morgan fingerprint density at radius 2 is 1.84 bits per heavy atom. The Balaban J connectivity index is 1.09. The number of ketones is 1. The SMILES string of the molecule is CC(C)=CC(=O)CCC(=O)NCC(=O)N1CCN(Cc2cc3nc(-c4cccc5[nH]ncc45)nc(N4CCOCC4)c3s2)CC1. The summed E-state index contributed by atoms with van der Waals surface area (Å²) in [6.07, 6.45) is 3.58. The number of H-pyrrole nitrogens is 1. The first kappa shape index (κ1) is 30.8. The monoisotopic (exact) mass is 630 g/mol. The smallest absolute Gasteiger partial charge is 0.242 e. The average Bonchev–Trinajstić information content (AvgIpc) is 3.69. The van der Waals surface area contributed by atoms with E-state index in [1.54, 1.807) is 16.2 Å². The van der Waals surface area contributed by atoms with Crippen molar-refractivity contribution in [3.63, 3.8) is 0 Å². The summed E-state index contributed by atoms with van der Waals surface area (Å²) < 4.78 is 6.69. The predicted octanol–water partition coefficient (Wildman–Crippen LogP) is 3.15. The zero-order chi connectivity index (χ0) is 31.3. The van der Waals surface area contributed by atoms with Gasteiger partial charge in [-0.15, -0.1) is 11.3 Å². The maximum atomic E-state index is 12.8. The van der Waals surface area contributed by atoms with Crippen LogP contribution in [0.2, 0.25) is 0 Å². The lowest BCUT2D eigenvalue weighted by molar-refractivity contribution is -0.134. The van der Waals surface area contributed by atoms with Crippen LogP contribution in [0.4, 0.5) is 5.82 Å². The maximum Gasteiger partial charge on any atom is 0.242 e. The minimum Gasteiger partial charge on any atom is -0.378 e. The van der Waals surface area contributed by atoms with Crippen LogP contribution in [0.3, 0.4) is 0 Å². The molecule has 0 bridgehead atoms. The Kier molecular flexibility index (Phi) is 9.47. The lowest BCUT2D eigenvalue weighted by atomic mass is 10.1. The van der Waals surface area contributed by atoms with Gasteiger partial charge in [-0.05, 0) is 32.1 Å². The number of hydrogen-bond acceptors (Lipinski definition) is 10. The van der Waals surface area contributed by atoms with Gasteiger partial charge in [0.2, 0.25) is 11.8 Å². The molecule has 0 spiro atoms. The second-order valence-corrected chi connectivity index (χ2v) is 12.8. The molecule has 13 heteroatoms. The molecule has 1 aromatic carbocycles. The van der Waals surface area contributed by atoms with Gasteiger partial charge in [0.25, 0.3) is 0 Å². The van der Waals surface area contributed by atoms with E-state index in [1.165, 1.54) is 11.0 Å². The summed E-state index contributed by atoms with van der Waals surface area (Å²) in [5, 5.41) is 10.9. The van der Waals surface area contributed by atoms with Gasteiger partial charge >= 0.3 is 0 Å². The number of nitrogens with one attached hydrogen (secondary N) is 2. The Hall–Kier alpha value is -4.20. The van der Waals surface area contributed by atoms with Crippen molar-refractivity contribution < 1.29 is 19.1 Å². The number of allylic oxidation sites excluding steroid dienone is 2. The van der Waals surface area contributed by atoms with Crippen molar-refractivity contribution in [2.75, 3.05) is 63.9 Å². The van der Waals surface area contributed by atoms with Crippen molar-refractivity contribution in [2.45, 2.75) is 33.2 Å². The van der Waals surface area contributed by atoms with E-state index in [2.05, 4.69) is 31.4 Å². The van der Waals surface area contributed by atoms with E-state index < -0.39 is 0 Å². The molecule has 2 aliphatic heterocycles. The lowest BCUT2D eigenvalue weighted by Gasteiger charge is -2.34. The molecule has 0 unspecified atom stereocenters. The minimum atomic E-state index is -0.286. The fraction of sp³-hybridized carbons (Fsp3) is 0.438. The molecule has 236 valence electrons. The van der Waals surface area contributed by atoms with Gasteiger partial charge in [-0.2, -0.15) is 5.10 Å². The third kappa shape index (κ3) is 7.38. The molecule has 5 heterocycles. The number of rotatable bonds is 10. The molecule has 12 nitrogen and oxygen atoms in total. The molecule has 3 aromatic heterocycles. The van der Waals surface area contributed by atoms with Crippen molar-refractivity contribution in [2.24, 2.45) is 0 Å². The Morgan fingerprint density at radius 3 is 2.62 bits per heavy atom. The summed E-state index contributed by atoms with van der Waals surface area (Å²) in [6, 6.07) is 8.19. The van der Waals surface area contributed by atoms with Crippen LogP contribution in [0, 0.1) is 0 Å². The van der Waals surface area contributed by atoms with Gasteiger partial charge in [-0.1, -0.05) is 17.7 Å². The molecular weight excluding hydrogens is 592 g/mol. The molecule has 2 N–H and O–H groups in total. The molecule has 2 fully saturated rings. The van der Waals surface area contributed by atoms with E-state index in [1.807, 2.05) is 38.2 Å². The quantitative estimate of drug-likeness (QED) is 0.253. The lowest BCUT2D eigenvalue weighted by Crippen LogP contribution is -2.50. The Bertz CT molecular complexity index is 1730. The Labute approximate surface area is 265 Å². The van der Waals surface area contributed by atoms with E-state index >= 15 is 0 Å². The maximum absolute atomic E-state index is 12.8. The number of hydrogen-bond donors (Lipinski definition) is 2. The average molecular weight is 631 g/mol. The highest BCUT2D eigenvalue weighted by molar-refractivity contribution is 7.19. The summed E-state index contributed by atoms with van der Waals surface area (Å²) in [5.74, 6) is 1.15. The molecule has 0 aliphatic carbocycles. The van der Waals surface area contributed by atoms with Crippen molar-refractivity contribution in [3.8, 4) is 11.4 Å². The van der Waals surface area contributed by atoms with Gasteiger partial charge in [0, 0.05) is 74.5 Å². The fourth-order valence-corrected chi connectivity index (χ4v) is 6.85. The molecule has 0 saturated carbocycles. The van der Waals surface area contributed by atoms with E-state index in [0.29, 0.717) is 32.1 Å². The number of fused-ring (bicyclic) bond motifs is 2. The third-order valence-electron chi connectivity index (χ3n) is 8.03. The molecule has 45 heavy (non-hydrogen) atoms. The van der Waals surface area contributed by atoms with Crippen molar-refractivity contribution in [1.82, 2.24) is 35.3 Å². The molecule has 2 amide bonds. The highest BCUT2D eigenvalue weighted by atomic mass is 32.1. The fourth-order valence-electron chi connectivity index (χ4n) is 5.70. The van der Waals surface area contributed by atoms with Crippen LogP contribution in [0.1, 0.15) is 31.6 Å². The standard InChI is InChI=1S/C32H38N8O4S/c1-21(2)16-22(41)6-7-28(42)33-19-29(43)39-10-8-38(9-11-39)20-23-17-27-30(45-23)32(40-12-14-44-15-13-40)36-31(35-27)24-4-3-5-26-25(24)18-34-37-26/h3-5,16-18H,6-15,19-20H2,1-2H3,(H,33,42)(H,34,37). The normalized spacial score (nSPS) is 15.9. The van der Waals surface area contributed by atoms with Gasteiger partial charge in [0.05, 0.1) is 41.7 Å². The number of piperazine rings is 1. The first-order valence-electron chi connectivity index (χ1n) is 15.3. The van der Waals surface area contributed by atoms with Gasteiger partial charge in [-0.25, -0.2) is 9.97 Å². The molecule has 6 rings (SSSR count). The number of anilines is 1. The van der Waals surface area contributed by atoms with Crippen LogP contribution in [-0.2, 0) is 25.7 Å². The van der Waals surface area contributed by atoms with Crippen molar-refractivity contribution in [1.29, 1.82) is 0 Å². The summed E-state index contributed by atoms with van der Waals surface area (Å²) in [5.41, 5.74) is 3.72. The van der Waals surface area contributed by atoms with E-state index in [4.69, 9.17) is 14.7 Å². The molecule has 4 aromatic rings. The number of nitrogens with zero attached hydrogens (tertiary/aromatic N) is 6. The van der Waals surface area contributed by atoms with Gasteiger partial charge in [0.15, 0.2) is 17.4 Å². The largest absolute Gasteiger partial charge is 0.378 e. The van der Waals surface area contributed by atoms with Gasteiger partial charge < -0.3 is 19.9 Å². The number of aromatic nitrogens is 4. The van der Waals surface area contributed by atoms with Crippen molar-refractivity contribution in [3.05, 3.63) is 47.0 Å². The summed E-state index contributed by atoms with van der Waals surface area (Å²) >= 11 is 1.73. The van der Waals surface area contributed by atoms with Gasteiger partial charge in [0.1, 0.15) is 0 Å². The highest BCUT2D eigenvalue weighted by Crippen LogP contribution is 2.36. The summed E-state index contributed by atoms with van der Waals surface area (Å²) in [6.45, 7) is 9.94. The number of aromatic amines is 1. The minimum absolute atomic E-state index is 0.0517. The van der Waals surface area contributed by atoms with Crippen LogP contribution in [-0.4, -0.2) is 107 Å². The molecular formula is C32H38N8O4S. The van der Waals surface area contributed by atoms with Crippen LogP contribution < -0.4 is 10.2 Å². The summed E-state index contributed by atoms with van der Waals surface area (Å²) in [7, 11) is 0. The predicted molar refractivity (Wildman–Crippen MR) is 174 cm³/mol. The number of benzene rings is 1. The van der Waals surface area contributed by atoms with E-state index in [9.17, 15) is 14.4 Å². The van der Waals surface area contributed by atoms with E-state index in [0.717, 1.165) is 70.8 Å². The second-order valence-electron chi connectivity index (χ2n) is 11.7. The molecule has 0 atom stereocenters. The number of morpholine rings is 1. The van der Waals surface area contributed by atoms with Crippen LogP contribution >= 0.6 is 11.3 Å². The number of amides is 2. The topological polar surface area (TPSA) is 137 Å². The molecule has 2 saturated heterocycles. The zero-order valence-electron chi connectivity index (χ0n) is 25.7. The Morgan fingerprint density at radius 1 is 1.04 bits per heavy atom. The first-order valence-corrected chi connectivity index (χ1v) is 16.2.